The summed E-state index contributed by atoms with van der Waals surface area (Å²) in [5, 5.41) is 8.56. The van der Waals surface area contributed by atoms with E-state index in [2.05, 4.69) is 4.98 Å². The summed E-state index contributed by atoms with van der Waals surface area (Å²) in [5.74, 6) is -1.15. The highest BCUT2D eigenvalue weighted by molar-refractivity contribution is 5.94. The van der Waals surface area contributed by atoms with Crippen LogP contribution in [0.1, 0.15) is 36.2 Å². The fourth-order valence-corrected chi connectivity index (χ4v) is 1.51. The molecular formula is C14H18N2O3. The topological polar surface area (TPSA) is 70.5 Å². The first-order chi connectivity index (χ1) is 8.95. The summed E-state index contributed by atoms with van der Waals surface area (Å²) in [6, 6.07) is 1.78. The lowest BCUT2D eigenvalue weighted by Gasteiger charge is -2.23. The number of pyridine rings is 1. The van der Waals surface area contributed by atoms with Crippen molar-refractivity contribution >= 4 is 18.0 Å². The molecular weight excluding hydrogens is 244 g/mol. The maximum atomic E-state index is 12.2. The summed E-state index contributed by atoms with van der Waals surface area (Å²) < 4.78 is 0. The van der Waals surface area contributed by atoms with Gasteiger partial charge in [0, 0.05) is 31.6 Å². The lowest BCUT2D eigenvalue weighted by molar-refractivity contribution is -0.131. The van der Waals surface area contributed by atoms with Gasteiger partial charge in [0.25, 0.3) is 5.91 Å². The molecule has 0 saturated carbocycles. The van der Waals surface area contributed by atoms with Gasteiger partial charge in [-0.15, -0.1) is 0 Å². The molecule has 1 N–H and O–H groups in total. The minimum Gasteiger partial charge on any atom is -0.478 e. The average molecular weight is 262 g/mol. The second kappa shape index (κ2) is 6.68. The van der Waals surface area contributed by atoms with Gasteiger partial charge in [0.2, 0.25) is 0 Å². The van der Waals surface area contributed by atoms with Crippen LogP contribution in [0.2, 0.25) is 0 Å². The first-order valence-electron chi connectivity index (χ1n) is 6.09. The van der Waals surface area contributed by atoms with Crippen LogP contribution in [0.25, 0.3) is 6.08 Å². The van der Waals surface area contributed by atoms with Crippen molar-refractivity contribution in [2.75, 3.05) is 7.05 Å². The maximum Gasteiger partial charge on any atom is 0.328 e. The van der Waals surface area contributed by atoms with Crippen LogP contribution in [-0.2, 0) is 4.79 Å². The average Bonchev–Trinajstić information content (AvgIpc) is 2.42. The normalized spacial score (nSPS) is 12.4. The van der Waals surface area contributed by atoms with Crippen molar-refractivity contribution in [2.24, 2.45) is 0 Å². The maximum absolute atomic E-state index is 12.2. The molecule has 5 nitrogen and oxygen atoms in total. The molecule has 1 heterocycles. The number of amides is 1. The van der Waals surface area contributed by atoms with Crippen LogP contribution in [0, 0.1) is 0 Å². The van der Waals surface area contributed by atoms with E-state index < -0.39 is 5.97 Å². The molecule has 0 radical (unpaired) electrons. The number of rotatable bonds is 5. The molecule has 0 bridgehead atoms. The summed E-state index contributed by atoms with van der Waals surface area (Å²) >= 11 is 0. The Labute approximate surface area is 112 Å². The van der Waals surface area contributed by atoms with E-state index in [1.807, 2.05) is 13.8 Å². The number of hydrogen-bond acceptors (Lipinski definition) is 3. The summed E-state index contributed by atoms with van der Waals surface area (Å²) in [5.41, 5.74) is 1.04. The molecule has 1 atom stereocenters. The zero-order valence-electron chi connectivity index (χ0n) is 11.3. The van der Waals surface area contributed by atoms with Gasteiger partial charge in [-0.3, -0.25) is 9.78 Å². The Balaban J connectivity index is 2.93. The van der Waals surface area contributed by atoms with Crippen LogP contribution in [-0.4, -0.2) is 40.0 Å². The van der Waals surface area contributed by atoms with E-state index in [1.54, 1.807) is 18.0 Å². The highest BCUT2D eigenvalue weighted by atomic mass is 16.4. The second-order valence-electron chi connectivity index (χ2n) is 4.35. The fourth-order valence-electron chi connectivity index (χ4n) is 1.51. The van der Waals surface area contributed by atoms with Crippen molar-refractivity contribution in [3.63, 3.8) is 0 Å². The van der Waals surface area contributed by atoms with Crippen molar-refractivity contribution in [3.8, 4) is 0 Å². The minimum absolute atomic E-state index is 0.118. The number of aliphatic carboxylic acids is 1. The molecule has 0 spiro atoms. The Morgan fingerprint density at radius 1 is 1.47 bits per heavy atom. The molecule has 0 fully saturated rings. The van der Waals surface area contributed by atoms with Crippen molar-refractivity contribution in [1.82, 2.24) is 9.88 Å². The van der Waals surface area contributed by atoms with Gasteiger partial charge in [0.1, 0.15) is 0 Å². The lowest BCUT2D eigenvalue weighted by atomic mass is 10.1. The lowest BCUT2D eigenvalue weighted by Crippen LogP contribution is -2.34. The third kappa shape index (κ3) is 4.21. The van der Waals surface area contributed by atoms with Crippen molar-refractivity contribution in [1.29, 1.82) is 0 Å². The Kier molecular flexibility index (Phi) is 5.23. The molecule has 1 aromatic rings. The van der Waals surface area contributed by atoms with E-state index in [9.17, 15) is 9.59 Å². The molecule has 102 valence electrons. The zero-order chi connectivity index (χ0) is 14.4. The van der Waals surface area contributed by atoms with Gasteiger partial charge in [-0.25, -0.2) is 4.79 Å². The van der Waals surface area contributed by atoms with Gasteiger partial charge < -0.3 is 10.0 Å². The quantitative estimate of drug-likeness (QED) is 0.824. The molecule has 0 aliphatic heterocycles. The van der Waals surface area contributed by atoms with Gasteiger partial charge in [-0.1, -0.05) is 6.92 Å². The molecule has 0 aliphatic rings. The van der Waals surface area contributed by atoms with Crippen LogP contribution in [0.3, 0.4) is 0 Å². The molecule has 1 aromatic heterocycles. The van der Waals surface area contributed by atoms with Gasteiger partial charge in [-0.05, 0) is 31.1 Å². The first kappa shape index (κ1) is 14.9. The molecule has 1 rings (SSSR count). The standard InChI is InChI=1S/C14H18N2O3/c1-4-10(2)16(3)14(19)12-7-11(8-15-9-12)5-6-13(17)18/h5-10H,4H2,1-3H3,(H,17,18). The van der Waals surface area contributed by atoms with Gasteiger partial charge in [-0.2, -0.15) is 0 Å². The Morgan fingerprint density at radius 2 is 2.16 bits per heavy atom. The third-order valence-electron chi connectivity index (χ3n) is 3.00. The molecule has 1 amide bonds. The summed E-state index contributed by atoms with van der Waals surface area (Å²) in [4.78, 5) is 28.2. The number of hydrogen-bond donors (Lipinski definition) is 1. The molecule has 0 aromatic carbocycles. The number of carbonyl (C=O) groups excluding carboxylic acids is 1. The predicted molar refractivity (Wildman–Crippen MR) is 72.8 cm³/mol. The van der Waals surface area contributed by atoms with E-state index in [4.69, 9.17) is 5.11 Å². The minimum atomic E-state index is -1.03. The number of carboxylic acids is 1. The highest BCUT2D eigenvalue weighted by Gasteiger charge is 2.16. The van der Waals surface area contributed by atoms with E-state index in [1.165, 1.54) is 18.5 Å². The van der Waals surface area contributed by atoms with E-state index >= 15 is 0 Å². The molecule has 1 unspecified atom stereocenters. The number of carboxylic acid groups (broad SMARTS) is 1. The van der Waals surface area contributed by atoms with Crippen molar-refractivity contribution in [2.45, 2.75) is 26.3 Å². The van der Waals surface area contributed by atoms with Crippen LogP contribution in [0.15, 0.2) is 24.5 Å². The summed E-state index contributed by atoms with van der Waals surface area (Å²) in [7, 11) is 1.75. The summed E-state index contributed by atoms with van der Waals surface area (Å²) in [6.07, 6.45) is 6.30. The fraction of sp³-hybridized carbons (Fsp3) is 0.357. The zero-order valence-corrected chi connectivity index (χ0v) is 11.3. The molecule has 0 saturated heterocycles. The third-order valence-corrected chi connectivity index (χ3v) is 3.00. The second-order valence-corrected chi connectivity index (χ2v) is 4.35. The Morgan fingerprint density at radius 3 is 2.74 bits per heavy atom. The first-order valence-corrected chi connectivity index (χ1v) is 6.09. The Hall–Kier alpha value is -2.17. The monoisotopic (exact) mass is 262 g/mol. The molecule has 19 heavy (non-hydrogen) atoms. The smallest absolute Gasteiger partial charge is 0.328 e. The highest BCUT2D eigenvalue weighted by Crippen LogP contribution is 2.10. The number of carbonyl (C=O) groups is 2. The van der Waals surface area contributed by atoms with Gasteiger partial charge in [0.05, 0.1) is 5.56 Å². The van der Waals surface area contributed by atoms with Crippen LogP contribution < -0.4 is 0 Å². The van der Waals surface area contributed by atoms with Gasteiger partial charge in [0.15, 0.2) is 0 Å². The van der Waals surface area contributed by atoms with Gasteiger partial charge >= 0.3 is 5.97 Å². The van der Waals surface area contributed by atoms with E-state index in [-0.39, 0.29) is 11.9 Å². The van der Waals surface area contributed by atoms with Crippen molar-refractivity contribution < 1.29 is 14.7 Å². The number of aromatic nitrogens is 1. The van der Waals surface area contributed by atoms with Crippen LogP contribution in [0.4, 0.5) is 0 Å². The van der Waals surface area contributed by atoms with Crippen LogP contribution in [0.5, 0.6) is 0 Å². The SMILES string of the molecule is CCC(C)N(C)C(=O)c1cncc(C=CC(=O)O)c1. The van der Waals surface area contributed by atoms with E-state index in [0.29, 0.717) is 11.1 Å². The van der Waals surface area contributed by atoms with Crippen molar-refractivity contribution in [3.05, 3.63) is 35.7 Å². The van der Waals surface area contributed by atoms with E-state index in [0.717, 1.165) is 12.5 Å². The summed E-state index contributed by atoms with van der Waals surface area (Å²) in [6.45, 7) is 3.98. The largest absolute Gasteiger partial charge is 0.478 e. The van der Waals surface area contributed by atoms with Crippen LogP contribution >= 0.6 is 0 Å². The molecule has 5 heteroatoms. The number of nitrogens with zero attached hydrogens (tertiary/aromatic N) is 2. The molecule has 0 aliphatic carbocycles. The Bertz CT molecular complexity index is 497. The predicted octanol–water partition coefficient (Wildman–Crippen LogP) is 2.05.